The number of hydrogen-bond acceptors (Lipinski definition) is 3. The third kappa shape index (κ3) is 1.26. The molecule has 2 aliphatic rings. The van der Waals surface area contributed by atoms with Gasteiger partial charge in [-0.15, -0.1) is 0 Å². The quantitative estimate of drug-likeness (QED) is 0.519. The zero-order valence-corrected chi connectivity index (χ0v) is 9.72. The molecule has 0 bridgehead atoms. The first-order valence-electron chi connectivity index (χ1n) is 4.59. The van der Waals surface area contributed by atoms with Gasteiger partial charge in [-0.3, -0.25) is 0 Å². The molecule has 14 heavy (non-hydrogen) atoms. The van der Waals surface area contributed by atoms with Gasteiger partial charge in [-0.2, -0.15) is 0 Å². The third-order valence-electron chi connectivity index (χ3n) is 2.97. The first-order valence-corrected chi connectivity index (χ1v) is 6.17. The van der Waals surface area contributed by atoms with Crippen molar-refractivity contribution >= 4 is 35.0 Å². The Hall–Kier alpha value is 0.01000. The first-order chi connectivity index (χ1) is 6.69. The lowest BCUT2D eigenvalue weighted by atomic mass is 9.80. The molecular formula is C9H8Cl2N2S. The Bertz CT molecular complexity index is 404. The van der Waals surface area contributed by atoms with Crippen molar-refractivity contribution in [2.24, 2.45) is 0 Å². The van der Waals surface area contributed by atoms with E-state index >= 15 is 0 Å². The molecule has 1 spiro atoms. The molecule has 3 rings (SSSR count). The van der Waals surface area contributed by atoms with E-state index in [-0.39, 0.29) is 5.28 Å². The summed E-state index contributed by atoms with van der Waals surface area (Å²) in [6, 6.07) is 0. The van der Waals surface area contributed by atoms with Crippen LogP contribution in [0.5, 0.6) is 0 Å². The topological polar surface area (TPSA) is 25.8 Å². The molecule has 1 aromatic heterocycles. The largest absolute Gasteiger partial charge is 0.224 e. The zero-order valence-electron chi connectivity index (χ0n) is 7.39. The number of rotatable bonds is 0. The maximum absolute atomic E-state index is 6.03. The van der Waals surface area contributed by atoms with Gasteiger partial charge in [-0.25, -0.2) is 9.97 Å². The molecule has 1 aromatic rings. The summed E-state index contributed by atoms with van der Waals surface area (Å²) < 4.78 is 0.380. The summed E-state index contributed by atoms with van der Waals surface area (Å²) in [7, 11) is 0. The summed E-state index contributed by atoms with van der Waals surface area (Å²) in [5.74, 6) is 0. The predicted octanol–water partition coefficient (Wildman–Crippen LogP) is 3.35. The van der Waals surface area contributed by atoms with Gasteiger partial charge in [0.2, 0.25) is 5.28 Å². The fourth-order valence-electron chi connectivity index (χ4n) is 2.06. The summed E-state index contributed by atoms with van der Waals surface area (Å²) in [5.41, 5.74) is 1.10. The molecule has 2 nitrogen and oxygen atoms in total. The van der Waals surface area contributed by atoms with E-state index in [9.17, 15) is 0 Å². The lowest BCUT2D eigenvalue weighted by Gasteiger charge is -2.36. The number of aromatic nitrogens is 2. The maximum Gasteiger partial charge on any atom is 0.224 e. The van der Waals surface area contributed by atoms with Crippen LogP contribution in [0.1, 0.15) is 24.8 Å². The lowest BCUT2D eigenvalue weighted by molar-refractivity contribution is 0.367. The molecule has 1 saturated carbocycles. The van der Waals surface area contributed by atoms with Crippen LogP contribution < -0.4 is 0 Å². The number of hydrogen-bond donors (Lipinski definition) is 0. The maximum atomic E-state index is 6.03. The van der Waals surface area contributed by atoms with Gasteiger partial charge in [0.05, 0.1) is 0 Å². The van der Waals surface area contributed by atoms with Crippen molar-refractivity contribution in [3.05, 3.63) is 16.0 Å². The van der Waals surface area contributed by atoms with Crippen LogP contribution in [0.25, 0.3) is 0 Å². The number of fused-ring (bicyclic) bond motifs is 1. The SMILES string of the molecule is Clc1nc(Cl)c2c(n1)SC1(CCC1)C2. The molecule has 1 fully saturated rings. The lowest BCUT2D eigenvalue weighted by Crippen LogP contribution is -2.32. The van der Waals surface area contributed by atoms with Crippen molar-refractivity contribution in [3.8, 4) is 0 Å². The van der Waals surface area contributed by atoms with Crippen LogP contribution in [0.2, 0.25) is 10.4 Å². The molecule has 0 N–H and O–H groups in total. The number of halogens is 2. The van der Waals surface area contributed by atoms with Gasteiger partial charge in [0, 0.05) is 10.3 Å². The standard InChI is InChI=1S/C9H8Cl2N2S/c10-6-5-4-9(2-1-3-9)14-7(5)13-8(11)12-6/h1-4H2. The van der Waals surface area contributed by atoms with Crippen molar-refractivity contribution in [2.45, 2.75) is 35.5 Å². The average Bonchev–Trinajstić information content (AvgIpc) is 2.42. The predicted molar refractivity (Wildman–Crippen MR) is 58.2 cm³/mol. The second kappa shape index (κ2) is 3.00. The second-order valence-electron chi connectivity index (χ2n) is 3.88. The fourth-order valence-corrected chi connectivity index (χ4v) is 4.16. The van der Waals surface area contributed by atoms with Crippen LogP contribution in [0, 0.1) is 0 Å². The molecule has 0 radical (unpaired) electrons. The van der Waals surface area contributed by atoms with E-state index in [1.54, 1.807) is 0 Å². The number of thioether (sulfide) groups is 1. The fraction of sp³-hybridized carbons (Fsp3) is 0.556. The summed E-state index contributed by atoms with van der Waals surface area (Å²) in [4.78, 5) is 8.20. The molecule has 2 heterocycles. The average molecular weight is 247 g/mol. The molecule has 0 amide bonds. The van der Waals surface area contributed by atoms with Gasteiger partial charge in [0.15, 0.2) is 0 Å². The summed E-state index contributed by atoms with van der Waals surface area (Å²) in [6.45, 7) is 0. The Labute approximate surface area is 96.4 Å². The zero-order chi connectivity index (χ0) is 9.76. The highest BCUT2D eigenvalue weighted by molar-refractivity contribution is 8.01. The molecule has 1 aliphatic heterocycles. The Morgan fingerprint density at radius 1 is 1.21 bits per heavy atom. The second-order valence-corrected chi connectivity index (χ2v) is 6.04. The minimum absolute atomic E-state index is 0.262. The Morgan fingerprint density at radius 3 is 2.64 bits per heavy atom. The molecule has 0 saturated heterocycles. The van der Waals surface area contributed by atoms with E-state index < -0.39 is 0 Å². The molecule has 5 heteroatoms. The molecule has 0 atom stereocenters. The Kier molecular flexibility index (Phi) is 1.98. The van der Waals surface area contributed by atoms with E-state index in [2.05, 4.69) is 9.97 Å². The van der Waals surface area contributed by atoms with Crippen LogP contribution in [0.4, 0.5) is 0 Å². The highest BCUT2D eigenvalue weighted by Gasteiger charge is 2.45. The van der Waals surface area contributed by atoms with E-state index in [1.807, 2.05) is 11.8 Å². The van der Waals surface area contributed by atoms with Crippen molar-refractivity contribution in [2.75, 3.05) is 0 Å². The van der Waals surface area contributed by atoms with Gasteiger partial charge >= 0.3 is 0 Å². The summed E-state index contributed by atoms with van der Waals surface area (Å²) in [6.07, 6.45) is 4.87. The van der Waals surface area contributed by atoms with Crippen LogP contribution in [-0.4, -0.2) is 14.7 Å². The van der Waals surface area contributed by atoms with Crippen molar-refractivity contribution in [1.82, 2.24) is 9.97 Å². The van der Waals surface area contributed by atoms with Crippen LogP contribution >= 0.6 is 35.0 Å². The smallest absolute Gasteiger partial charge is 0.211 e. The molecule has 74 valence electrons. The van der Waals surface area contributed by atoms with Crippen molar-refractivity contribution in [1.29, 1.82) is 0 Å². The molecule has 0 unspecified atom stereocenters. The van der Waals surface area contributed by atoms with Gasteiger partial charge < -0.3 is 0 Å². The number of nitrogens with zero attached hydrogens (tertiary/aromatic N) is 2. The summed E-state index contributed by atoms with van der Waals surface area (Å²) in [5, 5.41) is 1.79. The Balaban J connectivity index is 2.05. The normalized spacial score (nSPS) is 22.1. The molecule has 1 aliphatic carbocycles. The van der Waals surface area contributed by atoms with Gasteiger partial charge in [0.1, 0.15) is 10.2 Å². The monoisotopic (exact) mass is 246 g/mol. The van der Waals surface area contributed by atoms with Crippen molar-refractivity contribution < 1.29 is 0 Å². The summed E-state index contributed by atoms with van der Waals surface area (Å²) >= 11 is 13.6. The van der Waals surface area contributed by atoms with Gasteiger partial charge in [-0.1, -0.05) is 29.8 Å². The minimum atomic E-state index is 0.262. The minimum Gasteiger partial charge on any atom is -0.211 e. The van der Waals surface area contributed by atoms with E-state index in [4.69, 9.17) is 23.2 Å². The van der Waals surface area contributed by atoms with Gasteiger partial charge in [-0.05, 0) is 30.9 Å². The molecule has 0 aromatic carbocycles. The van der Waals surface area contributed by atoms with E-state index in [1.165, 1.54) is 19.3 Å². The van der Waals surface area contributed by atoms with Crippen LogP contribution in [0.15, 0.2) is 5.03 Å². The van der Waals surface area contributed by atoms with E-state index in [0.717, 1.165) is 17.0 Å². The highest BCUT2D eigenvalue weighted by atomic mass is 35.5. The highest BCUT2D eigenvalue weighted by Crippen LogP contribution is 2.56. The first kappa shape index (κ1) is 9.25. The Morgan fingerprint density at radius 2 is 2.00 bits per heavy atom. The van der Waals surface area contributed by atoms with E-state index in [0.29, 0.717) is 9.90 Å². The van der Waals surface area contributed by atoms with Crippen molar-refractivity contribution in [3.63, 3.8) is 0 Å². The van der Waals surface area contributed by atoms with Crippen LogP contribution in [-0.2, 0) is 6.42 Å². The third-order valence-corrected chi connectivity index (χ3v) is 4.97. The van der Waals surface area contributed by atoms with Gasteiger partial charge in [0.25, 0.3) is 0 Å². The van der Waals surface area contributed by atoms with Crippen LogP contribution in [0.3, 0.4) is 0 Å². The molecular weight excluding hydrogens is 239 g/mol.